The lowest BCUT2D eigenvalue weighted by atomic mass is 10.3. The molecule has 2 N–H and O–H groups in total. The summed E-state index contributed by atoms with van der Waals surface area (Å²) in [7, 11) is 0. The molecule has 1 aromatic carbocycles. The lowest BCUT2D eigenvalue weighted by molar-refractivity contribution is -0.131. The van der Waals surface area contributed by atoms with Crippen LogP contribution in [0.3, 0.4) is 0 Å². The van der Waals surface area contributed by atoms with Crippen molar-refractivity contribution < 1.29 is 14.6 Å². The van der Waals surface area contributed by atoms with E-state index in [9.17, 15) is 4.79 Å². The first kappa shape index (κ1) is 13.1. The summed E-state index contributed by atoms with van der Waals surface area (Å²) in [6, 6.07) is 7.55. The molecule has 0 spiro atoms. The van der Waals surface area contributed by atoms with E-state index in [0.717, 1.165) is 17.5 Å². The minimum Gasteiger partial charge on any atom is -0.491 e. The zero-order valence-electron chi connectivity index (χ0n) is 10.0. The lowest BCUT2D eigenvalue weighted by Gasteiger charge is -2.10. The van der Waals surface area contributed by atoms with Crippen molar-refractivity contribution in [2.45, 2.75) is 20.0 Å². The summed E-state index contributed by atoms with van der Waals surface area (Å²) in [5, 5.41) is 11.5. The molecule has 0 aliphatic rings. The fourth-order valence-corrected chi connectivity index (χ4v) is 1.26. The third-order valence-electron chi connectivity index (χ3n) is 1.91. The second-order valence-corrected chi connectivity index (χ2v) is 3.81. The number of carbonyl (C=O) groups is 1. The second-order valence-electron chi connectivity index (χ2n) is 3.81. The fraction of sp³-hybridized carbons (Fsp3) is 0.308. The average molecular weight is 235 g/mol. The summed E-state index contributed by atoms with van der Waals surface area (Å²) in [6.07, 6.45) is 2.83. The molecular weight excluding hydrogens is 218 g/mol. The quantitative estimate of drug-likeness (QED) is 0.744. The van der Waals surface area contributed by atoms with Crippen LogP contribution in [0.1, 0.15) is 13.8 Å². The molecular formula is C13H17NO3. The number of hydrogen-bond donors (Lipinski definition) is 2. The molecule has 17 heavy (non-hydrogen) atoms. The van der Waals surface area contributed by atoms with Gasteiger partial charge in [0.25, 0.3) is 0 Å². The maximum atomic E-state index is 10.2. The van der Waals surface area contributed by atoms with Gasteiger partial charge >= 0.3 is 5.97 Å². The van der Waals surface area contributed by atoms with Crippen LogP contribution >= 0.6 is 0 Å². The Hall–Kier alpha value is -1.97. The van der Waals surface area contributed by atoms with Crippen LogP contribution in [0.15, 0.2) is 36.4 Å². The van der Waals surface area contributed by atoms with Crippen LogP contribution < -0.4 is 10.1 Å². The molecule has 0 heterocycles. The normalized spacial score (nSPS) is 10.8. The SMILES string of the molecule is CC(C)Oc1ccc(NC/C=C/C(=O)O)cc1. The highest BCUT2D eigenvalue weighted by atomic mass is 16.5. The second kappa shape index (κ2) is 6.58. The van der Waals surface area contributed by atoms with Gasteiger partial charge in [0.2, 0.25) is 0 Å². The monoisotopic (exact) mass is 235 g/mol. The van der Waals surface area contributed by atoms with E-state index < -0.39 is 5.97 Å². The minimum atomic E-state index is -0.938. The summed E-state index contributed by atoms with van der Waals surface area (Å²) in [6.45, 7) is 4.43. The zero-order valence-corrected chi connectivity index (χ0v) is 10.0. The molecule has 1 aromatic rings. The first-order valence-electron chi connectivity index (χ1n) is 5.48. The number of carboxylic acid groups (broad SMARTS) is 1. The summed E-state index contributed by atoms with van der Waals surface area (Å²) in [5.41, 5.74) is 0.927. The Balaban J connectivity index is 2.43. The molecule has 0 atom stereocenters. The topological polar surface area (TPSA) is 58.6 Å². The maximum Gasteiger partial charge on any atom is 0.328 e. The Morgan fingerprint density at radius 3 is 2.59 bits per heavy atom. The van der Waals surface area contributed by atoms with Gasteiger partial charge in [-0.25, -0.2) is 4.79 Å². The molecule has 4 heteroatoms. The van der Waals surface area contributed by atoms with Gasteiger partial charge < -0.3 is 15.2 Å². The summed E-state index contributed by atoms with van der Waals surface area (Å²) in [5.74, 6) is -0.112. The number of benzene rings is 1. The van der Waals surface area contributed by atoms with Crippen molar-refractivity contribution in [1.82, 2.24) is 0 Å². The van der Waals surface area contributed by atoms with Gasteiger partial charge in [-0.15, -0.1) is 0 Å². The summed E-state index contributed by atoms with van der Waals surface area (Å²) in [4.78, 5) is 10.2. The number of carboxylic acids is 1. The van der Waals surface area contributed by atoms with Gasteiger partial charge in [0.15, 0.2) is 0 Å². The van der Waals surface area contributed by atoms with E-state index in [1.807, 2.05) is 38.1 Å². The van der Waals surface area contributed by atoms with E-state index in [-0.39, 0.29) is 6.10 Å². The minimum absolute atomic E-state index is 0.160. The number of nitrogens with one attached hydrogen (secondary N) is 1. The predicted molar refractivity (Wildman–Crippen MR) is 67.5 cm³/mol. The van der Waals surface area contributed by atoms with Crippen molar-refractivity contribution in [3.8, 4) is 5.75 Å². The van der Waals surface area contributed by atoms with Gasteiger partial charge in [-0.2, -0.15) is 0 Å². The van der Waals surface area contributed by atoms with Gasteiger partial charge in [-0.3, -0.25) is 0 Å². The van der Waals surface area contributed by atoms with Gasteiger partial charge in [-0.05, 0) is 38.1 Å². The fourth-order valence-electron chi connectivity index (χ4n) is 1.26. The lowest BCUT2D eigenvalue weighted by Crippen LogP contribution is -2.05. The first-order valence-corrected chi connectivity index (χ1v) is 5.48. The average Bonchev–Trinajstić information content (AvgIpc) is 2.25. The van der Waals surface area contributed by atoms with Crippen LogP contribution in [0, 0.1) is 0 Å². The van der Waals surface area contributed by atoms with Gasteiger partial charge in [0, 0.05) is 18.3 Å². The number of rotatable bonds is 6. The van der Waals surface area contributed by atoms with Crippen LogP contribution in [0.4, 0.5) is 5.69 Å². The third kappa shape index (κ3) is 5.61. The molecule has 0 amide bonds. The Morgan fingerprint density at radius 2 is 2.06 bits per heavy atom. The summed E-state index contributed by atoms with van der Waals surface area (Å²) < 4.78 is 5.51. The van der Waals surface area contributed by atoms with Crippen molar-refractivity contribution in [3.63, 3.8) is 0 Å². The Morgan fingerprint density at radius 1 is 1.41 bits per heavy atom. The summed E-state index contributed by atoms with van der Waals surface area (Å²) >= 11 is 0. The highest BCUT2D eigenvalue weighted by Crippen LogP contribution is 2.16. The van der Waals surface area contributed by atoms with Crippen molar-refractivity contribution in [1.29, 1.82) is 0 Å². The van der Waals surface area contributed by atoms with Crippen LogP contribution in [0.2, 0.25) is 0 Å². The molecule has 1 rings (SSSR count). The predicted octanol–water partition coefficient (Wildman–Crippen LogP) is 2.53. The highest BCUT2D eigenvalue weighted by Gasteiger charge is 1.97. The van der Waals surface area contributed by atoms with Crippen LogP contribution in [-0.4, -0.2) is 23.7 Å². The van der Waals surface area contributed by atoms with Crippen molar-refractivity contribution in [2.24, 2.45) is 0 Å². The van der Waals surface area contributed by atoms with Gasteiger partial charge in [-0.1, -0.05) is 6.08 Å². The zero-order chi connectivity index (χ0) is 12.7. The smallest absolute Gasteiger partial charge is 0.328 e. The van der Waals surface area contributed by atoms with E-state index in [1.54, 1.807) is 6.08 Å². The Bertz CT molecular complexity index is 382. The van der Waals surface area contributed by atoms with Crippen LogP contribution in [0.5, 0.6) is 5.75 Å². The molecule has 0 saturated carbocycles. The molecule has 0 aromatic heterocycles. The molecule has 0 bridgehead atoms. The molecule has 0 aliphatic carbocycles. The molecule has 0 aliphatic heterocycles. The number of aliphatic carboxylic acids is 1. The van der Waals surface area contributed by atoms with Crippen LogP contribution in [0.25, 0.3) is 0 Å². The largest absolute Gasteiger partial charge is 0.491 e. The van der Waals surface area contributed by atoms with E-state index in [4.69, 9.17) is 9.84 Å². The Kier molecular flexibility index (Phi) is 5.07. The van der Waals surface area contributed by atoms with Gasteiger partial charge in [0.05, 0.1) is 6.10 Å². The first-order chi connectivity index (χ1) is 8.08. The van der Waals surface area contributed by atoms with Crippen molar-refractivity contribution in [3.05, 3.63) is 36.4 Å². The molecule has 92 valence electrons. The number of hydrogen-bond acceptors (Lipinski definition) is 3. The van der Waals surface area contributed by atoms with E-state index in [1.165, 1.54) is 0 Å². The van der Waals surface area contributed by atoms with Crippen molar-refractivity contribution in [2.75, 3.05) is 11.9 Å². The molecule has 0 unspecified atom stereocenters. The maximum absolute atomic E-state index is 10.2. The van der Waals surface area contributed by atoms with E-state index in [0.29, 0.717) is 6.54 Å². The molecule has 0 radical (unpaired) electrons. The molecule has 0 saturated heterocycles. The van der Waals surface area contributed by atoms with Crippen LogP contribution in [-0.2, 0) is 4.79 Å². The van der Waals surface area contributed by atoms with E-state index >= 15 is 0 Å². The van der Waals surface area contributed by atoms with Crippen molar-refractivity contribution >= 4 is 11.7 Å². The third-order valence-corrected chi connectivity index (χ3v) is 1.91. The highest BCUT2D eigenvalue weighted by molar-refractivity contribution is 5.79. The number of ether oxygens (including phenoxy) is 1. The standard InChI is InChI=1S/C13H17NO3/c1-10(2)17-12-7-5-11(6-8-12)14-9-3-4-13(15)16/h3-8,10,14H,9H2,1-2H3,(H,15,16)/b4-3+. The van der Waals surface area contributed by atoms with Gasteiger partial charge in [0.1, 0.15) is 5.75 Å². The van der Waals surface area contributed by atoms with E-state index in [2.05, 4.69) is 5.32 Å². The molecule has 4 nitrogen and oxygen atoms in total. The Labute approximate surface area is 101 Å². The number of anilines is 1. The molecule has 0 fully saturated rings.